The Hall–Kier alpha value is -2.59. The molecule has 1 atom stereocenters. The molecule has 4 rings (SSSR count). The average Bonchev–Trinajstić information content (AvgIpc) is 3.48. The molecule has 0 spiro atoms. The zero-order chi connectivity index (χ0) is 20.1. The van der Waals surface area contributed by atoms with Gasteiger partial charge in [0.1, 0.15) is 5.56 Å². The van der Waals surface area contributed by atoms with Crippen LogP contribution in [-0.2, 0) is 5.41 Å². The Bertz CT molecular complexity index is 1070. The number of halogens is 1. The highest BCUT2D eigenvalue weighted by Crippen LogP contribution is 2.56. The number of carboxylic acid groups (broad SMARTS) is 1. The van der Waals surface area contributed by atoms with Gasteiger partial charge >= 0.3 is 5.97 Å². The van der Waals surface area contributed by atoms with Crippen molar-refractivity contribution in [3.05, 3.63) is 69.9 Å². The Labute approximate surface area is 168 Å². The molecule has 144 valence electrons. The highest BCUT2D eigenvalue weighted by Gasteiger charge is 2.50. The van der Waals surface area contributed by atoms with Crippen LogP contribution in [0.4, 0.5) is 0 Å². The van der Waals surface area contributed by atoms with E-state index in [-0.39, 0.29) is 17.2 Å². The minimum Gasteiger partial charge on any atom is -0.505 e. The van der Waals surface area contributed by atoms with Gasteiger partial charge in [0.25, 0.3) is 0 Å². The molecule has 0 saturated heterocycles. The van der Waals surface area contributed by atoms with Crippen LogP contribution in [0.25, 0.3) is 10.9 Å². The van der Waals surface area contributed by atoms with E-state index in [0.717, 1.165) is 30.4 Å². The van der Waals surface area contributed by atoms with Crippen LogP contribution in [0.5, 0.6) is 5.75 Å². The van der Waals surface area contributed by atoms with Crippen molar-refractivity contribution in [2.24, 2.45) is 0 Å². The number of hydrogen-bond donors (Lipinski definition) is 2. The van der Waals surface area contributed by atoms with Crippen LogP contribution in [0.2, 0.25) is 5.02 Å². The molecule has 0 bridgehead atoms. The summed E-state index contributed by atoms with van der Waals surface area (Å²) in [6, 6.07) is 13.1. The fourth-order valence-corrected chi connectivity index (χ4v) is 4.15. The van der Waals surface area contributed by atoms with Crippen molar-refractivity contribution < 1.29 is 15.0 Å². The van der Waals surface area contributed by atoms with E-state index in [1.165, 1.54) is 0 Å². The fraction of sp³-hybridized carbons (Fsp3) is 0.304. The first kappa shape index (κ1) is 18.8. The summed E-state index contributed by atoms with van der Waals surface area (Å²) in [5, 5.41) is 22.0. The number of fused-ring (bicyclic) bond motifs is 1. The van der Waals surface area contributed by atoms with Crippen molar-refractivity contribution in [3.8, 4) is 5.75 Å². The van der Waals surface area contributed by atoms with E-state index in [9.17, 15) is 15.0 Å². The van der Waals surface area contributed by atoms with Crippen LogP contribution < -0.4 is 0 Å². The first-order chi connectivity index (χ1) is 13.4. The highest BCUT2D eigenvalue weighted by molar-refractivity contribution is 6.30. The lowest BCUT2D eigenvalue weighted by Gasteiger charge is -2.21. The number of hydrogen-bond acceptors (Lipinski definition) is 3. The van der Waals surface area contributed by atoms with Crippen molar-refractivity contribution in [3.63, 3.8) is 0 Å². The molecule has 2 aromatic carbocycles. The highest BCUT2D eigenvalue weighted by atomic mass is 35.5. The Kier molecular flexibility index (Phi) is 4.54. The molecular weight excluding hydrogens is 374 g/mol. The second-order valence-electron chi connectivity index (χ2n) is 7.63. The lowest BCUT2D eigenvalue weighted by atomic mass is 9.88. The molecule has 0 aliphatic heterocycles. The van der Waals surface area contributed by atoms with Crippen LogP contribution >= 0.6 is 11.6 Å². The predicted molar refractivity (Wildman–Crippen MR) is 111 cm³/mol. The molecule has 1 fully saturated rings. The number of pyridine rings is 1. The predicted octanol–water partition coefficient (Wildman–Crippen LogP) is 5.89. The van der Waals surface area contributed by atoms with Gasteiger partial charge in [0, 0.05) is 15.8 Å². The van der Waals surface area contributed by atoms with Crippen LogP contribution in [0.15, 0.2) is 42.5 Å². The smallest absolute Gasteiger partial charge is 0.340 e. The van der Waals surface area contributed by atoms with E-state index in [1.54, 1.807) is 6.07 Å². The van der Waals surface area contributed by atoms with Crippen LogP contribution in [0.1, 0.15) is 66.2 Å². The van der Waals surface area contributed by atoms with Crippen molar-refractivity contribution in [1.82, 2.24) is 4.98 Å². The number of aromatic hydroxyl groups is 1. The van der Waals surface area contributed by atoms with Gasteiger partial charge in [-0.2, -0.15) is 0 Å². The standard InChI is InChI=1S/C23H22ClNO3/c1-3-13(2)16-5-4-6-17-18(22(27)28)20(26)21(25-19(16)17)23(11-12-23)14-7-9-15(24)10-8-14/h4-10,13,26H,3,11-12H2,1-2H3,(H,27,28). The molecular formula is C23H22ClNO3. The summed E-state index contributed by atoms with van der Waals surface area (Å²) >= 11 is 6.03. The minimum absolute atomic E-state index is 0.0645. The monoisotopic (exact) mass is 395 g/mol. The zero-order valence-electron chi connectivity index (χ0n) is 15.9. The summed E-state index contributed by atoms with van der Waals surface area (Å²) in [6.07, 6.45) is 2.54. The molecule has 0 amide bonds. The van der Waals surface area contributed by atoms with Crippen LogP contribution in [-0.4, -0.2) is 21.2 Å². The van der Waals surface area contributed by atoms with Gasteiger partial charge in [-0.3, -0.25) is 0 Å². The molecule has 28 heavy (non-hydrogen) atoms. The van der Waals surface area contributed by atoms with E-state index < -0.39 is 11.4 Å². The molecule has 4 nitrogen and oxygen atoms in total. The van der Waals surface area contributed by atoms with Gasteiger partial charge in [0.05, 0.1) is 11.2 Å². The third kappa shape index (κ3) is 2.83. The average molecular weight is 396 g/mol. The van der Waals surface area contributed by atoms with Crippen molar-refractivity contribution in [2.75, 3.05) is 0 Å². The quantitative estimate of drug-likeness (QED) is 0.565. The van der Waals surface area contributed by atoms with Crippen LogP contribution in [0.3, 0.4) is 0 Å². The zero-order valence-corrected chi connectivity index (χ0v) is 16.6. The van der Waals surface area contributed by atoms with E-state index >= 15 is 0 Å². The van der Waals surface area contributed by atoms with E-state index in [2.05, 4.69) is 13.8 Å². The van der Waals surface area contributed by atoms with Gasteiger partial charge in [-0.15, -0.1) is 0 Å². The normalized spacial score (nSPS) is 16.1. The Morgan fingerprint density at radius 1 is 1.21 bits per heavy atom. The molecule has 2 N–H and O–H groups in total. The second-order valence-corrected chi connectivity index (χ2v) is 8.07. The van der Waals surface area contributed by atoms with Crippen molar-refractivity contribution in [1.29, 1.82) is 0 Å². The number of carbonyl (C=O) groups is 1. The molecule has 5 heteroatoms. The molecule has 1 unspecified atom stereocenters. The van der Waals surface area contributed by atoms with Crippen molar-refractivity contribution in [2.45, 2.75) is 44.4 Å². The third-order valence-electron chi connectivity index (χ3n) is 5.98. The minimum atomic E-state index is -1.14. The van der Waals surface area contributed by atoms with E-state index in [0.29, 0.717) is 21.6 Å². The maximum absolute atomic E-state index is 12.1. The van der Waals surface area contributed by atoms with E-state index in [4.69, 9.17) is 16.6 Å². The molecule has 0 radical (unpaired) electrons. The topological polar surface area (TPSA) is 70.4 Å². The number of aromatic nitrogens is 1. The summed E-state index contributed by atoms with van der Waals surface area (Å²) in [4.78, 5) is 16.9. The van der Waals surface area contributed by atoms with Gasteiger partial charge in [0.15, 0.2) is 5.75 Å². The summed E-state index contributed by atoms with van der Waals surface area (Å²) < 4.78 is 0. The molecule has 1 heterocycles. The van der Waals surface area contributed by atoms with Gasteiger partial charge < -0.3 is 10.2 Å². The first-order valence-corrected chi connectivity index (χ1v) is 9.92. The number of aromatic carboxylic acids is 1. The molecule has 1 aliphatic rings. The first-order valence-electron chi connectivity index (χ1n) is 9.54. The number of carboxylic acids is 1. The summed E-state index contributed by atoms with van der Waals surface area (Å²) in [7, 11) is 0. The number of nitrogens with zero attached hydrogens (tertiary/aromatic N) is 1. The fourth-order valence-electron chi connectivity index (χ4n) is 4.02. The van der Waals surface area contributed by atoms with Gasteiger partial charge in [-0.25, -0.2) is 9.78 Å². The largest absolute Gasteiger partial charge is 0.505 e. The lowest BCUT2D eigenvalue weighted by Crippen LogP contribution is -2.15. The SMILES string of the molecule is CCC(C)c1cccc2c(C(=O)O)c(O)c(C3(c4ccc(Cl)cc4)CC3)nc12. The molecule has 1 saturated carbocycles. The van der Waals surface area contributed by atoms with Gasteiger partial charge in [-0.05, 0) is 48.4 Å². The van der Waals surface area contributed by atoms with Gasteiger partial charge in [0.2, 0.25) is 0 Å². The second kappa shape index (κ2) is 6.78. The molecule has 1 aliphatic carbocycles. The lowest BCUT2D eigenvalue weighted by molar-refractivity contribution is 0.0695. The molecule has 1 aromatic heterocycles. The summed E-state index contributed by atoms with van der Waals surface area (Å²) in [6.45, 7) is 4.20. The number of benzene rings is 2. The maximum Gasteiger partial charge on any atom is 0.340 e. The maximum atomic E-state index is 12.1. The summed E-state index contributed by atoms with van der Waals surface area (Å²) in [5.41, 5.74) is 2.60. The number of rotatable bonds is 5. The van der Waals surface area contributed by atoms with Crippen molar-refractivity contribution >= 4 is 28.5 Å². The van der Waals surface area contributed by atoms with Gasteiger partial charge in [-0.1, -0.05) is 55.8 Å². The summed E-state index contributed by atoms with van der Waals surface area (Å²) in [5.74, 6) is -1.13. The third-order valence-corrected chi connectivity index (χ3v) is 6.23. The Morgan fingerprint density at radius 2 is 1.89 bits per heavy atom. The number of para-hydroxylation sites is 1. The van der Waals surface area contributed by atoms with E-state index in [1.807, 2.05) is 36.4 Å². The molecule has 3 aromatic rings. The Morgan fingerprint density at radius 3 is 2.46 bits per heavy atom. The van der Waals surface area contributed by atoms with Crippen LogP contribution in [0, 0.1) is 0 Å². The Balaban J connectivity index is 2.03.